The van der Waals surface area contributed by atoms with Crippen LogP contribution in [0, 0.1) is 6.92 Å². The molecule has 3 rings (SSSR count). The van der Waals surface area contributed by atoms with Gasteiger partial charge in [-0.15, -0.1) is 0 Å². The van der Waals surface area contributed by atoms with Crippen LogP contribution < -0.4 is 4.90 Å². The van der Waals surface area contributed by atoms with E-state index in [0.717, 1.165) is 21.3 Å². The highest BCUT2D eigenvalue weighted by molar-refractivity contribution is 9.10. The number of hydrogen-bond donors (Lipinski definition) is 0. The fourth-order valence-electron chi connectivity index (χ4n) is 3.00. The van der Waals surface area contributed by atoms with Crippen molar-refractivity contribution in [3.05, 3.63) is 64.0 Å². The van der Waals surface area contributed by atoms with Crippen molar-refractivity contribution in [1.29, 1.82) is 0 Å². The third kappa shape index (κ3) is 4.68. The van der Waals surface area contributed by atoms with Crippen LogP contribution in [-0.4, -0.2) is 23.1 Å². The standard InChI is InChI=1S/C22H24BrN3O2/c1-14(2)16-5-7-17(8-6-16)22-24-20(28-25-22)11-12-21(27)26(4)19-10-9-18(23)13-15(19)3/h5-10,13-14H,11-12H2,1-4H3. The second kappa shape index (κ2) is 8.69. The van der Waals surface area contributed by atoms with E-state index in [2.05, 4.69) is 52.1 Å². The van der Waals surface area contributed by atoms with Gasteiger partial charge < -0.3 is 9.42 Å². The van der Waals surface area contributed by atoms with Crippen LogP contribution in [0.25, 0.3) is 11.4 Å². The van der Waals surface area contributed by atoms with Gasteiger partial charge in [0.2, 0.25) is 17.6 Å². The highest BCUT2D eigenvalue weighted by Gasteiger charge is 2.16. The molecule has 1 aromatic heterocycles. The van der Waals surface area contributed by atoms with E-state index >= 15 is 0 Å². The average molecular weight is 442 g/mol. The fraction of sp³-hybridized carbons (Fsp3) is 0.318. The van der Waals surface area contributed by atoms with Crippen molar-refractivity contribution in [2.24, 2.45) is 0 Å². The van der Waals surface area contributed by atoms with E-state index in [-0.39, 0.29) is 5.91 Å². The Morgan fingerprint density at radius 3 is 2.54 bits per heavy atom. The quantitative estimate of drug-likeness (QED) is 0.504. The van der Waals surface area contributed by atoms with Gasteiger partial charge in [-0.3, -0.25) is 4.79 Å². The van der Waals surface area contributed by atoms with Crippen LogP contribution in [0.3, 0.4) is 0 Å². The molecule has 146 valence electrons. The zero-order valence-corrected chi connectivity index (χ0v) is 18.2. The predicted octanol–water partition coefficient (Wildman–Crippen LogP) is 5.53. The molecule has 0 saturated heterocycles. The van der Waals surface area contributed by atoms with Gasteiger partial charge in [-0.1, -0.05) is 59.2 Å². The molecule has 0 aliphatic rings. The van der Waals surface area contributed by atoms with Gasteiger partial charge in [-0.05, 0) is 42.2 Å². The summed E-state index contributed by atoms with van der Waals surface area (Å²) in [4.78, 5) is 18.7. The lowest BCUT2D eigenvalue weighted by Gasteiger charge is -2.19. The Morgan fingerprint density at radius 2 is 1.89 bits per heavy atom. The van der Waals surface area contributed by atoms with Crippen molar-refractivity contribution >= 4 is 27.5 Å². The lowest BCUT2D eigenvalue weighted by molar-refractivity contribution is -0.118. The summed E-state index contributed by atoms with van der Waals surface area (Å²) < 4.78 is 6.33. The number of aromatic nitrogens is 2. The molecule has 1 heterocycles. The monoisotopic (exact) mass is 441 g/mol. The normalized spacial score (nSPS) is 11.1. The van der Waals surface area contributed by atoms with E-state index in [1.54, 1.807) is 11.9 Å². The summed E-state index contributed by atoms with van der Waals surface area (Å²) in [5, 5.41) is 4.05. The summed E-state index contributed by atoms with van der Waals surface area (Å²) in [6.45, 7) is 6.30. The first-order chi connectivity index (χ1) is 13.3. The Bertz CT molecular complexity index is 964. The van der Waals surface area contributed by atoms with Gasteiger partial charge >= 0.3 is 0 Å². The Balaban J connectivity index is 1.63. The van der Waals surface area contributed by atoms with E-state index in [1.807, 2.05) is 37.3 Å². The molecular formula is C22H24BrN3O2. The molecule has 0 fully saturated rings. The Morgan fingerprint density at radius 1 is 1.18 bits per heavy atom. The Labute approximate surface area is 173 Å². The molecule has 2 aromatic carbocycles. The predicted molar refractivity (Wildman–Crippen MR) is 114 cm³/mol. The molecule has 0 unspecified atom stereocenters. The first-order valence-corrected chi connectivity index (χ1v) is 10.1. The highest BCUT2D eigenvalue weighted by atomic mass is 79.9. The van der Waals surface area contributed by atoms with Gasteiger partial charge in [0.25, 0.3) is 0 Å². The van der Waals surface area contributed by atoms with E-state index < -0.39 is 0 Å². The van der Waals surface area contributed by atoms with E-state index in [0.29, 0.717) is 30.5 Å². The minimum absolute atomic E-state index is 0.00598. The third-order valence-electron chi connectivity index (χ3n) is 4.75. The van der Waals surface area contributed by atoms with Crippen LogP contribution in [0.2, 0.25) is 0 Å². The highest BCUT2D eigenvalue weighted by Crippen LogP contribution is 2.24. The van der Waals surface area contributed by atoms with Gasteiger partial charge in [0.15, 0.2) is 0 Å². The number of benzene rings is 2. The lowest BCUT2D eigenvalue weighted by Crippen LogP contribution is -2.27. The molecule has 6 heteroatoms. The average Bonchev–Trinajstić information content (AvgIpc) is 3.14. The second-order valence-electron chi connectivity index (χ2n) is 7.17. The maximum atomic E-state index is 12.6. The van der Waals surface area contributed by atoms with Gasteiger partial charge in [0, 0.05) is 35.6 Å². The minimum Gasteiger partial charge on any atom is -0.339 e. The molecule has 0 atom stereocenters. The number of amides is 1. The molecular weight excluding hydrogens is 418 g/mol. The molecule has 0 bridgehead atoms. The van der Waals surface area contributed by atoms with Gasteiger partial charge in [0.1, 0.15) is 0 Å². The molecule has 0 aliphatic carbocycles. The first kappa shape index (κ1) is 20.3. The first-order valence-electron chi connectivity index (χ1n) is 9.30. The smallest absolute Gasteiger partial charge is 0.227 e. The van der Waals surface area contributed by atoms with Crippen LogP contribution in [0.1, 0.15) is 43.2 Å². The molecule has 3 aromatic rings. The summed E-state index contributed by atoms with van der Waals surface area (Å²) >= 11 is 3.45. The van der Waals surface area contributed by atoms with Crippen molar-refractivity contribution in [2.45, 2.75) is 39.5 Å². The number of rotatable bonds is 6. The van der Waals surface area contributed by atoms with E-state index in [1.165, 1.54) is 5.56 Å². The number of halogens is 1. The number of anilines is 1. The van der Waals surface area contributed by atoms with Crippen LogP contribution in [0.15, 0.2) is 51.5 Å². The van der Waals surface area contributed by atoms with E-state index in [9.17, 15) is 4.79 Å². The van der Waals surface area contributed by atoms with Crippen molar-refractivity contribution in [3.8, 4) is 11.4 Å². The SMILES string of the molecule is Cc1cc(Br)ccc1N(C)C(=O)CCc1nc(-c2ccc(C(C)C)cc2)no1. The van der Waals surface area contributed by atoms with Gasteiger partial charge in [-0.25, -0.2) is 0 Å². The minimum atomic E-state index is 0.00598. The molecule has 0 aliphatic heterocycles. The topological polar surface area (TPSA) is 59.2 Å². The number of aryl methyl sites for hydroxylation is 2. The third-order valence-corrected chi connectivity index (χ3v) is 5.24. The Kier molecular flexibility index (Phi) is 6.29. The number of carbonyl (C=O) groups is 1. The number of nitrogens with zero attached hydrogens (tertiary/aromatic N) is 3. The zero-order chi connectivity index (χ0) is 20.3. The maximum absolute atomic E-state index is 12.6. The van der Waals surface area contributed by atoms with Gasteiger partial charge in [0.05, 0.1) is 0 Å². The Hall–Kier alpha value is -2.47. The lowest BCUT2D eigenvalue weighted by atomic mass is 10.0. The van der Waals surface area contributed by atoms with Crippen molar-refractivity contribution in [1.82, 2.24) is 10.1 Å². The van der Waals surface area contributed by atoms with Crippen LogP contribution in [0.5, 0.6) is 0 Å². The second-order valence-corrected chi connectivity index (χ2v) is 8.09. The summed E-state index contributed by atoms with van der Waals surface area (Å²) in [5.74, 6) is 1.51. The molecule has 0 spiro atoms. The molecule has 0 radical (unpaired) electrons. The molecule has 0 saturated carbocycles. The summed E-state index contributed by atoms with van der Waals surface area (Å²) in [6, 6.07) is 14.0. The largest absolute Gasteiger partial charge is 0.339 e. The fourth-order valence-corrected chi connectivity index (χ4v) is 3.48. The molecule has 0 N–H and O–H groups in total. The van der Waals surface area contributed by atoms with Crippen molar-refractivity contribution < 1.29 is 9.32 Å². The van der Waals surface area contributed by atoms with Crippen LogP contribution >= 0.6 is 15.9 Å². The number of carbonyl (C=O) groups excluding carboxylic acids is 1. The summed E-state index contributed by atoms with van der Waals surface area (Å²) in [5.41, 5.74) is 4.11. The van der Waals surface area contributed by atoms with Crippen molar-refractivity contribution in [3.63, 3.8) is 0 Å². The zero-order valence-electron chi connectivity index (χ0n) is 16.6. The summed E-state index contributed by atoms with van der Waals surface area (Å²) in [7, 11) is 1.79. The molecule has 28 heavy (non-hydrogen) atoms. The maximum Gasteiger partial charge on any atom is 0.227 e. The number of hydrogen-bond acceptors (Lipinski definition) is 4. The molecule has 5 nitrogen and oxygen atoms in total. The van der Waals surface area contributed by atoms with Gasteiger partial charge in [-0.2, -0.15) is 4.98 Å². The summed E-state index contributed by atoms with van der Waals surface area (Å²) in [6.07, 6.45) is 0.718. The van der Waals surface area contributed by atoms with Crippen LogP contribution in [0.4, 0.5) is 5.69 Å². The molecule has 1 amide bonds. The van der Waals surface area contributed by atoms with Crippen LogP contribution in [-0.2, 0) is 11.2 Å². The van der Waals surface area contributed by atoms with Crippen molar-refractivity contribution in [2.75, 3.05) is 11.9 Å². The van der Waals surface area contributed by atoms with E-state index in [4.69, 9.17) is 4.52 Å².